The highest BCUT2D eigenvalue weighted by atomic mass is 16.4. The van der Waals surface area contributed by atoms with Gasteiger partial charge in [0.15, 0.2) is 0 Å². The highest BCUT2D eigenvalue weighted by Crippen LogP contribution is 2.15. The predicted molar refractivity (Wildman–Crippen MR) is 101 cm³/mol. The summed E-state index contributed by atoms with van der Waals surface area (Å²) in [6.45, 7) is 9.50. The van der Waals surface area contributed by atoms with Gasteiger partial charge < -0.3 is 20.1 Å². The van der Waals surface area contributed by atoms with E-state index in [2.05, 4.69) is 38.9 Å². The number of aromatic nitrogens is 4. The van der Waals surface area contributed by atoms with Crippen molar-refractivity contribution >= 4 is 5.97 Å². The van der Waals surface area contributed by atoms with Gasteiger partial charge in [0.25, 0.3) is 0 Å². The molecule has 0 aliphatic rings. The fraction of sp³-hybridized carbons (Fsp3) is 0.579. The third-order valence-corrected chi connectivity index (χ3v) is 4.57. The molecule has 0 fully saturated rings. The molecule has 0 unspecified atom stereocenters. The van der Waals surface area contributed by atoms with Gasteiger partial charge in [0, 0.05) is 13.1 Å². The minimum absolute atomic E-state index is 0.165. The SMILES string of the molecule is Cc1c(C(=O)O)cc(CNCc2nnc(C)n2CCCC(C)C)nc1CO. The van der Waals surface area contributed by atoms with Crippen LogP contribution in [0.3, 0.4) is 0 Å². The highest BCUT2D eigenvalue weighted by molar-refractivity contribution is 5.89. The average Bonchev–Trinajstić information content (AvgIpc) is 2.96. The molecule has 148 valence electrons. The van der Waals surface area contributed by atoms with Crippen LogP contribution in [0, 0.1) is 19.8 Å². The van der Waals surface area contributed by atoms with Gasteiger partial charge in [0.1, 0.15) is 11.6 Å². The third kappa shape index (κ3) is 5.58. The Bertz CT molecular complexity index is 786. The number of nitrogens with one attached hydrogen (secondary N) is 1. The Balaban J connectivity index is 2.02. The average molecular weight is 375 g/mol. The van der Waals surface area contributed by atoms with Crippen LogP contribution in [-0.2, 0) is 26.2 Å². The van der Waals surface area contributed by atoms with E-state index in [1.54, 1.807) is 13.0 Å². The number of carboxylic acid groups (broad SMARTS) is 1. The summed E-state index contributed by atoms with van der Waals surface area (Å²) in [6, 6.07) is 1.54. The van der Waals surface area contributed by atoms with Crippen LogP contribution < -0.4 is 5.32 Å². The van der Waals surface area contributed by atoms with Crippen LogP contribution in [0.25, 0.3) is 0 Å². The number of nitrogens with zero attached hydrogens (tertiary/aromatic N) is 4. The van der Waals surface area contributed by atoms with Crippen LogP contribution in [0.5, 0.6) is 0 Å². The molecule has 8 nitrogen and oxygen atoms in total. The van der Waals surface area contributed by atoms with Crippen molar-refractivity contribution in [3.63, 3.8) is 0 Å². The van der Waals surface area contributed by atoms with Gasteiger partial charge in [-0.25, -0.2) is 4.79 Å². The maximum Gasteiger partial charge on any atom is 0.336 e. The van der Waals surface area contributed by atoms with Crippen LogP contribution in [0.2, 0.25) is 0 Å². The second kappa shape index (κ2) is 9.57. The lowest BCUT2D eigenvalue weighted by Crippen LogP contribution is -2.19. The molecule has 0 aliphatic heterocycles. The second-order valence-electron chi connectivity index (χ2n) is 7.15. The Labute approximate surface area is 159 Å². The monoisotopic (exact) mass is 375 g/mol. The molecule has 2 rings (SSSR count). The van der Waals surface area contributed by atoms with Gasteiger partial charge >= 0.3 is 5.97 Å². The molecule has 0 amide bonds. The Morgan fingerprint density at radius 3 is 2.63 bits per heavy atom. The highest BCUT2D eigenvalue weighted by Gasteiger charge is 2.14. The maximum absolute atomic E-state index is 11.4. The molecule has 27 heavy (non-hydrogen) atoms. The quantitative estimate of drug-likeness (QED) is 0.583. The summed E-state index contributed by atoms with van der Waals surface area (Å²) in [7, 11) is 0. The topological polar surface area (TPSA) is 113 Å². The van der Waals surface area contributed by atoms with E-state index in [-0.39, 0.29) is 12.2 Å². The van der Waals surface area contributed by atoms with Crippen molar-refractivity contribution < 1.29 is 15.0 Å². The normalized spacial score (nSPS) is 11.3. The van der Waals surface area contributed by atoms with E-state index < -0.39 is 5.97 Å². The van der Waals surface area contributed by atoms with Crippen LogP contribution in [0.1, 0.15) is 65.6 Å². The largest absolute Gasteiger partial charge is 0.478 e. The minimum atomic E-state index is -1.02. The first kappa shape index (κ1) is 21.0. The molecule has 0 radical (unpaired) electrons. The number of carbonyl (C=O) groups is 1. The lowest BCUT2D eigenvalue weighted by Gasteiger charge is -2.12. The van der Waals surface area contributed by atoms with E-state index in [1.165, 1.54) is 0 Å². The lowest BCUT2D eigenvalue weighted by atomic mass is 10.1. The number of hydrogen-bond donors (Lipinski definition) is 3. The third-order valence-electron chi connectivity index (χ3n) is 4.57. The summed E-state index contributed by atoms with van der Waals surface area (Å²) in [6.07, 6.45) is 2.23. The molecule has 0 aromatic carbocycles. The summed E-state index contributed by atoms with van der Waals surface area (Å²) < 4.78 is 2.11. The van der Waals surface area contributed by atoms with E-state index in [1.807, 2.05) is 6.92 Å². The number of rotatable bonds is 10. The molecule has 0 bridgehead atoms. The Morgan fingerprint density at radius 1 is 1.26 bits per heavy atom. The molecular weight excluding hydrogens is 346 g/mol. The van der Waals surface area contributed by atoms with Crippen LogP contribution >= 0.6 is 0 Å². The summed E-state index contributed by atoms with van der Waals surface area (Å²) >= 11 is 0. The number of hydrogen-bond acceptors (Lipinski definition) is 6. The van der Waals surface area contributed by atoms with Crippen molar-refractivity contribution in [3.05, 3.63) is 40.2 Å². The summed E-state index contributed by atoms with van der Waals surface area (Å²) in [4.78, 5) is 15.7. The van der Waals surface area contributed by atoms with Crippen LogP contribution in [-0.4, -0.2) is 35.9 Å². The fourth-order valence-electron chi connectivity index (χ4n) is 2.99. The first-order valence-corrected chi connectivity index (χ1v) is 9.26. The van der Waals surface area contributed by atoms with Gasteiger partial charge in [-0.1, -0.05) is 13.8 Å². The molecule has 2 aromatic heterocycles. The molecule has 0 spiro atoms. The number of pyridine rings is 1. The zero-order chi connectivity index (χ0) is 20.0. The molecule has 2 heterocycles. The van der Waals surface area contributed by atoms with Crippen molar-refractivity contribution in [2.24, 2.45) is 5.92 Å². The number of carboxylic acids is 1. The Hall–Kier alpha value is -2.32. The first-order chi connectivity index (χ1) is 12.8. The Kier molecular flexibility index (Phi) is 7.44. The maximum atomic E-state index is 11.4. The molecular formula is C19H29N5O3. The summed E-state index contributed by atoms with van der Waals surface area (Å²) in [5.41, 5.74) is 1.62. The van der Waals surface area contributed by atoms with E-state index >= 15 is 0 Å². The van der Waals surface area contributed by atoms with Gasteiger partial charge in [0.2, 0.25) is 0 Å². The predicted octanol–water partition coefficient (Wildman–Crippen LogP) is 2.21. The van der Waals surface area contributed by atoms with E-state index in [9.17, 15) is 15.0 Å². The van der Waals surface area contributed by atoms with E-state index in [4.69, 9.17) is 0 Å². The molecule has 8 heteroatoms. The van der Waals surface area contributed by atoms with Gasteiger partial charge in [-0.2, -0.15) is 0 Å². The van der Waals surface area contributed by atoms with E-state index in [0.29, 0.717) is 36.0 Å². The zero-order valence-electron chi connectivity index (χ0n) is 16.5. The standard InChI is InChI=1S/C19H29N5O3/c1-12(2)6-5-7-24-14(4)22-23-18(24)10-20-9-15-8-16(19(26)27)13(3)17(11-25)21-15/h8,12,20,25H,5-7,9-11H2,1-4H3,(H,26,27). The molecule has 0 aliphatic carbocycles. The number of aromatic carboxylic acids is 1. The van der Waals surface area contributed by atoms with Crippen molar-refractivity contribution in [1.29, 1.82) is 0 Å². The number of aliphatic hydroxyl groups is 1. The number of aliphatic hydroxyl groups excluding tert-OH is 1. The minimum Gasteiger partial charge on any atom is -0.478 e. The van der Waals surface area contributed by atoms with Crippen LogP contribution in [0.4, 0.5) is 0 Å². The van der Waals surface area contributed by atoms with Crippen molar-refractivity contribution in [3.8, 4) is 0 Å². The second-order valence-corrected chi connectivity index (χ2v) is 7.15. The van der Waals surface area contributed by atoms with Gasteiger partial charge in [-0.05, 0) is 44.2 Å². The lowest BCUT2D eigenvalue weighted by molar-refractivity contribution is 0.0695. The smallest absolute Gasteiger partial charge is 0.336 e. The first-order valence-electron chi connectivity index (χ1n) is 9.26. The van der Waals surface area contributed by atoms with Crippen LogP contribution in [0.15, 0.2) is 6.07 Å². The zero-order valence-corrected chi connectivity index (χ0v) is 16.5. The summed E-state index contributed by atoms with van der Waals surface area (Å²) in [5.74, 6) is 1.38. The van der Waals surface area contributed by atoms with Crippen molar-refractivity contribution in [2.45, 2.75) is 66.8 Å². The van der Waals surface area contributed by atoms with Gasteiger partial charge in [0.05, 0.1) is 30.1 Å². The van der Waals surface area contributed by atoms with E-state index in [0.717, 1.165) is 31.0 Å². The number of aryl methyl sites for hydroxylation is 1. The molecule has 0 saturated carbocycles. The molecule has 0 saturated heterocycles. The molecule has 2 aromatic rings. The van der Waals surface area contributed by atoms with Gasteiger partial charge in [-0.15, -0.1) is 10.2 Å². The summed E-state index contributed by atoms with van der Waals surface area (Å²) in [5, 5.41) is 30.4. The Morgan fingerprint density at radius 2 is 2.00 bits per heavy atom. The molecule has 0 atom stereocenters. The van der Waals surface area contributed by atoms with Gasteiger partial charge in [-0.3, -0.25) is 4.98 Å². The fourth-order valence-corrected chi connectivity index (χ4v) is 2.99. The molecule has 3 N–H and O–H groups in total. The van der Waals surface area contributed by atoms with Crippen molar-refractivity contribution in [2.75, 3.05) is 0 Å². The van der Waals surface area contributed by atoms with Crippen molar-refractivity contribution in [1.82, 2.24) is 25.1 Å².